The first-order valence-corrected chi connectivity index (χ1v) is 13.7. The van der Waals surface area contributed by atoms with Gasteiger partial charge < -0.3 is 18.8 Å². The summed E-state index contributed by atoms with van der Waals surface area (Å²) in [4.78, 5) is 26.3. The maximum absolute atomic E-state index is 8.75. The lowest BCUT2D eigenvalue weighted by atomic mass is 9.72. The smallest absolute Gasteiger partial charge is 0.368 e. The average molecular weight is 466 g/mol. The van der Waals surface area contributed by atoms with Crippen molar-refractivity contribution in [2.45, 2.75) is 89.9 Å². The molecule has 0 atom stereocenters. The van der Waals surface area contributed by atoms with Crippen molar-refractivity contribution in [2.75, 3.05) is 24.2 Å². The molecule has 164 valence electrons. The number of hydrogen-bond acceptors (Lipinski definition) is 4. The van der Waals surface area contributed by atoms with E-state index in [9.17, 15) is 0 Å². The Hall–Kier alpha value is 0.927. The van der Waals surface area contributed by atoms with Crippen LogP contribution in [0.25, 0.3) is 0 Å². The molecule has 0 heterocycles. The standard InChI is InChI=1S/C19H39Cl3O4Si/c20-15-8-12-19(13-9-16-21,14-10-17-22)11-6-4-2-1-3-5-7-18-26-27(23,24)25/h23-25H,1-18H2. The van der Waals surface area contributed by atoms with Crippen LogP contribution >= 0.6 is 34.8 Å². The summed E-state index contributed by atoms with van der Waals surface area (Å²) in [5, 5.41) is 0. The molecular weight excluding hydrogens is 427 g/mol. The normalized spacial score (nSPS) is 12.7. The fraction of sp³-hybridized carbons (Fsp3) is 1.00. The van der Waals surface area contributed by atoms with Crippen molar-refractivity contribution in [2.24, 2.45) is 5.41 Å². The molecule has 0 unspecified atom stereocenters. The van der Waals surface area contributed by atoms with Crippen molar-refractivity contribution >= 4 is 43.9 Å². The van der Waals surface area contributed by atoms with E-state index in [1.165, 1.54) is 51.4 Å². The molecule has 0 bridgehead atoms. The summed E-state index contributed by atoms with van der Waals surface area (Å²) < 4.78 is 4.59. The lowest BCUT2D eigenvalue weighted by Gasteiger charge is -2.34. The van der Waals surface area contributed by atoms with Gasteiger partial charge in [-0.25, -0.2) is 0 Å². The van der Waals surface area contributed by atoms with Gasteiger partial charge in [0.05, 0.1) is 0 Å². The van der Waals surface area contributed by atoms with Gasteiger partial charge in [0.2, 0.25) is 0 Å². The van der Waals surface area contributed by atoms with Crippen LogP contribution in [0.3, 0.4) is 0 Å². The van der Waals surface area contributed by atoms with Crippen molar-refractivity contribution in [3.63, 3.8) is 0 Å². The number of unbranched alkanes of at least 4 members (excludes halogenated alkanes) is 6. The molecule has 0 amide bonds. The van der Waals surface area contributed by atoms with Crippen LogP contribution < -0.4 is 0 Å². The van der Waals surface area contributed by atoms with Crippen LogP contribution in [0.2, 0.25) is 0 Å². The van der Waals surface area contributed by atoms with Gasteiger partial charge in [-0.2, -0.15) is 0 Å². The van der Waals surface area contributed by atoms with Crippen molar-refractivity contribution in [1.82, 2.24) is 0 Å². The zero-order chi connectivity index (χ0) is 20.4. The Bertz CT molecular complexity index is 309. The molecule has 0 aliphatic carbocycles. The van der Waals surface area contributed by atoms with E-state index < -0.39 is 9.05 Å². The van der Waals surface area contributed by atoms with E-state index in [2.05, 4.69) is 4.43 Å². The number of alkyl halides is 3. The average Bonchev–Trinajstić information content (AvgIpc) is 2.63. The first kappa shape index (κ1) is 27.9. The van der Waals surface area contributed by atoms with E-state index in [1.54, 1.807) is 0 Å². The fourth-order valence-corrected chi connectivity index (χ4v) is 4.59. The highest BCUT2D eigenvalue weighted by atomic mass is 35.5. The summed E-state index contributed by atoms with van der Waals surface area (Å²) in [6.45, 7) is 0.208. The molecule has 0 saturated carbocycles. The molecular formula is C19H39Cl3O4Si. The summed E-state index contributed by atoms with van der Waals surface area (Å²) in [7, 11) is -4.32. The minimum absolute atomic E-state index is 0.208. The highest BCUT2D eigenvalue weighted by molar-refractivity contribution is 6.48. The Kier molecular flexibility index (Phi) is 18.4. The van der Waals surface area contributed by atoms with Crippen LogP contribution in [0, 0.1) is 5.41 Å². The van der Waals surface area contributed by atoms with Gasteiger partial charge in [-0.3, -0.25) is 0 Å². The molecule has 3 N–H and O–H groups in total. The molecule has 0 aliphatic heterocycles. The van der Waals surface area contributed by atoms with Gasteiger partial charge in [-0.1, -0.05) is 38.5 Å². The van der Waals surface area contributed by atoms with Crippen molar-refractivity contribution in [1.29, 1.82) is 0 Å². The predicted octanol–water partition coefficient (Wildman–Crippen LogP) is 5.58. The molecule has 0 aromatic carbocycles. The summed E-state index contributed by atoms with van der Waals surface area (Å²) in [6.07, 6.45) is 15.7. The SMILES string of the molecule is O[Si](O)(O)OCCCCCCCCCC(CCCCl)(CCCCl)CCCCl. The molecule has 27 heavy (non-hydrogen) atoms. The molecule has 0 aromatic heterocycles. The van der Waals surface area contributed by atoms with Gasteiger partial charge >= 0.3 is 9.05 Å². The molecule has 0 rings (SSSR count). The maximum atomic E-state index is 8.75. The minimum atomic E-state index is -4.32. The highest BCUT2D eigenvalue weighted by Crippen LogP contribution is 2.40. The number of halogens is 3. The summed E-state index contributed by atoms with van der Waals surface area (Å²) in [6, 6.07) is 0. The molecule has 8 heteroatoms. The van der Waals surface area contributed by atoms with Crippen LogP contribution in [0.4, 0.5) is 0 Å². The number of hydrogen-bond donors (Lipinski definition) is 3. The fourth-order valence-electron chi connectivity index (χ4n) is 3.77. The van der Waals surface area contributed by atoms with E-state index in [-0.39, 0.29) is 6.61 Å². The van der Waals surface area contributed by atoms with Crippen LogP contribution in [0.1, 0.15) is 89.9 Å². The summed E-state index contributed by atoms with van der Waals surface area (Å²) >= 11 is 17.9. The highest BCUT2D eigenvalue weighted by Gasteiger charge is 2.30. The van der Waals surface area contributed by atoms with Crippen LogP contribution in [0.5, 0.6) is 0 Å². The summed E-state index contributed by atoms with van der Waals surface area (Å²) in [5.41, 5.74) is 0.352. The minimum Gasteiger partial charge on any atom is -0.368 e. The van der Waals surface area contributed by atoms with Gasteiger partial charge in [0.1, 0.15) is 0 Å². The van der Waals surface area contributed by atoms with Crippen LogP contribution in [0.15, 0.2) is 0 Å². The van der Waals surface area contributed by atoms with E-state index in [4.69, 9.17) is 49.2 Å². The first-order chi connectivity index (χ1) is 12.9. The molecule has 0 radical (unpaired) electrons. The maximum Gasteiger partial charge on any atom is 0.671 e. The third-order valence-corrected chi connectivity index (χ3v) is 6.56. The Balaban J connectivity index is 3.99. The molecule has 0 fully saturated rings. The lowest BCUT2D eigenvalue weighted by Crippen LogP contribution is -2.39. The van der Waals surface area contributed by atoms with Gasteiger partial charge in [0.25, 0.3) is 0 Å². The summed E-state index contributed by atoms with van der Waals surface area (Å²) in [5.74, 6) is 2.17. The molecule has 0 spiro atoms. The second-order valence-corrected chi connectivity index (χ2v) is 10.1. The third-order valence-electron chi connectivity index (χ3n) is 5.17. The second kappa shape index (κ2) is 17.8. The second-order valence-electron chi connectivity index (χ2n) is 7.52. The molecule has 4 nitrogen and oxygen atoms in total. The van der Waals surface area contributed by atoms with E-state index in [0.717, 1.165) is 56.2 Å². The van der Waals surface area contributed by atoms with Gasteiger partial charge in [0.15, 0.2) is 0 Å². The Morgan fingerprint density at radius 2 is 0.926 bits per heavy atom. The van der Waals surface area contributed by atoms with Crippen molar-refractivity contribution < 1.29 is 18.8 Å². The van der Waals surface area contributed by atoms with Gasteiger partial charge in [-0.05, 0) is 56.8 Å². The largest absolute Gasteiger partial charge is 0.671 e. The quantitative estimate of drug-likeness (QED) is 0.125. The first-order valence-electron chi connectivity index (χ1n) is 10.4. The molecule has 0 aliphatic rings. The van der Waals surface area contributed by atoms with E-state index in [0.29, 0.717) is 5.41 Å². The van der Waals surface area contributed by atoms with Gasteiger partial charge in [0, 0.05) is 24.2 Å². The molecule has 0 aromatic rings. The number of rotatable bonds is 20. The Morgan fingerprint density at radius 1 is 0.556 bits per heavy atom. The molecule has 0 saturated heterocycles. The topological polar surface area (TPSA) is 69.9 Å². The zero-order valence-corrected chi connectivity index (χ0v) is 19.9. The van der Waals surface area contributed by atoms with Crippen LogP contribution in [-0.2, 0) is 4.43 Å². The van der Waals surface area contributed by atoms with E-state index >= 15 is 0 Å². The van der Waals surface area contributed by atoms with Crippen LogP contribution in [-0.4, -0.2) is 47.7 Å². The Labute approximate surface area is 182 Å². The predicted molar refractivity (Wildman–Crippen MR) is 118 cm³/mol. The van der Waals surface area contributed by atoms with Crippen molar-refractivity contribution in [3.05, 3.63) is 0 Å². The Morgan fingerprint density at radius 3 is 1.33 bits per heavy atom. The lowest BCUT2D eigenvalue weighted by molar-refractivity contribution is 0.0618. The monoisotopic (exact) mass is 464 g/mol. The third kappa shape index (κ3) is 17.5. The van der Waals surface area contributed by atoms with E-state index in [1.807, 2.05) is 0 Å². The van der Waals surface area contributed by atoms with Gasteiger partial charge in [-0.15, -0.1) is 34.8 Å². The zero-order valence-electron chi connectivity index (χ0n) is 16.6. The van der Waals surface area contributed by atoms with Crippen molar-refractivity contribution in [3.8, 4) is 0 Å².